The molecule has 1 aliphatic heterocycles. The molecule has 0 aliphatic carbocycles. The Labute approximate surface area is 85.6 Å². The fourth-order valence-electron chi connectivity index (χ4n) is 1.18. The molecule has 0 aromatic heterocycles. The average molecular weight is 218 g/mol. The standard InChI is InChI=1S/C9H14O2S2/c1-2-3-5-8(10)9-12-6-4-7-13(9)11/h2,9H,1,3-7H2. The minimum Gasteiger partial charge on any atom is -0.297 e. The lowest BCUT2D eigenvalue weighted by Gasteiger charge is -2.19. The Bertz CT molecular complexity index is 226. The summed E-state index contributed by atoms with van der Waals surface area (Å²) in [5.41, 5.74) is 0. The smallest absolute Gasteiger partial charge is 0.158 e. The second-order valence-corrected chi connectivity index (χ2v) is 6.09. The van der Waals surface area contributed by atoms with E-state index in [0.29, 0.717) is 18.6 Å². The van der Waals surface area contributed by atoms with Gasteiger partial charge in [0.05, 0.1) is 0 Å². The van der Waals surface area contributed by atoms with Crippen molar-refractivity contribution in [2.75, 3.05) is 11.5 Å². The van der Waals surface area contributed by atoms with Gasteiger partial charge in [-0.3, -0.25) is 9.00 Å². The van der Waals surface area contributed by atoms with Gasteiger partial charge < -0.3 is 0 Å². The van der Waals surface area contributed by atoms with Crippen LogP contribution in [-0.4, -0.2) is 26.1 Å². The number of hydrogen-bond donors (Lipinski definition) is 0. The lowest BCUT2D eigenvalue weighted by atomic mass is 10.2. The highest BCUT2D eigenvalue weighted by Crippen LogP contribution is 2.24. The number of carbonyl (C=O) groups excluding carboxylic acids is 1. The summed E-state index contributed by atoms with van der Waals surface area (Å²) >= 11 is 1.55. The molecule has 0 bridgehead atoms. The van der Waals surface area contributed by atoms with Gasteiger partial charge >= 0.3 is 0 Å². The van der Waals surface area contributed by atoms with Crippen molar-refractivity contribution in [3.8, 4) is 0 Å². The summed E-state index contributed by atoms with van der Waals surface area (Å²) in [6.07, 6.45) is 3.90. The second kappa shape index (κ2) is 5.60. The van der Waals surface area contributed by atoms with Crippen molar-refractivity contribution in [3.05, 3.63) is 12.7 Å². The predicted molar refractivity (Wildman–Crippen MR) is 58.3 cm³/mol. The van der Waals surface area contributed by atoms with Gasteiger partial charge in [-0.1, -0.05) is 6.08 Å². The summed E-state index contributed by atoms with van der Waals surface area (Å²) in [6, 6.07) is 0. The Kier molecular flexibility index (Phi) is 4.73. The molecule has 0 radical (unpaired) electrons. The zero-order valence-electron chi connectivity index (χ0n) is 7.53. The number of hydrogen-bond acceptors (Lipinski definition) is 3. The molecule has 1 aliphatic rings. The van der Waals surface area contributed by atoms with Crippen molar-refractivity contribution in [2.45, 2.75) is 23.8 Å². The van der Waals surface area contributed by atoms with E-state index in [9.17, 15) is 9.00 Å². The maximum absolute atomic E-state index is 11.5. The number of thioether (sulfide) groups is 1. The zero-order valence-corrected chi connectivity index (χ0v) is 9.16. The normalized spacial score (nSPS) is 28.3. The van der Waals surface area contributed by atoms with Gasteiger partial charge in [0.2, 0.25) is 0 Å². The molecule has 0 aromatic carbocycles. The number of rotatable bonds is 4. The number of carbonyl (C=O) groups is 1. The van der Waals surface area contributed by atoms with Crippen molar-refractivity contribution < 1.29 is 9.00 Å². The minimum atomic E-state index is -0.932. The van der Waals surface area contributed by atoms with E-state index in [4.69, 9.17) is 0 Å². The van der Waals surface area contributed by atoms with Crippen LogP contribution in [0.1, 0.15) is 19.3 Å². The minimum absolute atomic E-state index is 0.128. The monoisotopic (exact) mass is 218 g/mol. The van der Waals surface area contributed by atoms with Crippen molar-refractivity contribution in [3.63, 3.8) is 0 Å². The Hall–Kier alpha value is -0.0900. The number of Topliss-reactive ketones (excluding diaryl/α,β-unsaturated/α-hetero) is 1. The topological polar surface area (TPSA) is 34.1 Å². The molecule has 0 amide bonds. The molecule has 13 heavy (non-hydrogen) atoms. The first-order valence-corrected chi connectivity index (χ1v) is 6.81. The third-order valence-corrected chi connectivity index (χ3v) is 5.43. The Morgan fingerprint density at radius 2 is 2.46 bits per heavy atom. The molecule has 2 atom stereocenters. The molecular weight excluding hydrogens is 204 g/mol. The highest BCUT2D eigenvalue weighted by atomic mass is 32.2. The van der Waals surface area contributed by atoms with E-state index < -0.39 is 10.8 Å². The van der Waals surface area contributed by atoms with Gasteiger partial charge in [-0.05, 0) is 18.6 Å². The van der Waals surface area contributed by atoms with E-state index in [1.165, 1.54) is 0 Å². The van der Waals surface area contributed by atoms with E-state index in [1.54, 1.807) is 17.8 Å². The first-order valence-electron chi connectivity index (χ1n) is 4.38. The molecule has 4 heteroatoms. The van der Waals surface area contributed by atoms with Crippen LogP contribution in [0.2, 0.25) is 0 Å². The molecule has 2 unspecified atom stereocenters. The molecule has 0 spiro atoms. The molecule has 0 aromatic rings. The summed E-state index contributed by atoms with van der Waals surface area (Å²) in [6.45, 7) is 3.56. The van der Waals surface area contributed by atoms with Gasteiger partial charge in [0, 0.05) is 23.0 Å². The van der Waals surface area contributed by atoms with Gasteiger partial charge in [0.1, 0.15) is 4.58 Å². The van der Waals surface area contributed by atoms with Crippen molar-refractivity contribution >= 4 is 28.3 Å². The van der Waals surface area contributed by atoms with Crippen LogP contribution in [0.25, 0.3) is 0 Å². The summed E-state index contributed by atoms with van der Waals surface area (Å²) in [7, 11) is -0.932. The third-order valence-electron chi connectivity index (χ3n) is 1.86. The van der Waals surface area contributed by atoms with Crippen LogP contribution in [0.15, 0.2) is 12.7 Å². The van der Waals surface area contributed by atoms with E-state index in [-0.39, 0.29) is 10.4 Å². The van der Waals surface area contributed by atoms with Crippen molar-refractivity contribution in [2.24, 2.45) is 0 Å². The first-order chi connectivity index (χ1) is 6.25. The molecule has 2 nitrogen and oxygen atoms in total. The van der Waals surface area contributed by atoms with Crippen LogP contribution in [-0.2, 0) is 15.6 Å². The molecule has 74 valence electrons. The number of allylic oxidation sites excluding steroid dienone is 1. The lowest BCUT2D eigenvalue weighted by molar-refractivity contribution is -0.117. The highest BCUT2D eigenvalue weighted by Gasteiger charge is 2.27. The Morgan fingerprint density at radius 3 is 3.08 bits per heavy atom. The molecule has 0 N–H and O–H groups in total. The summed E-state index contributed by atoms with van der Waals surface area (Å²) < 4.78 is 11.2. The van der Waals surface area contributed by atoms with Crippen LogP contribution >= 0.6 is 11.8 Å². The average Bonchev–Trinajstić information content (AvgIpc) is 2.15. The highest BCUT2D eigenvalue weighted by molar-refractivity contribution is 8.12. The fraction of sp³-hybridized carbons (Fsp3) is 0.667. The third kappa shape index (κ3) is 3.27. The van der Waals surface area contributed by atoms with Gasteiger partial charge in [0.25, 0.3) is 0 Å². The van der Waals surface area contributed by atoms with Crippen molar-refractivity contribution in [1.29, 1.82) is 0 Å². The molecule has 1 saturated heterocycles. The van der Waals surface area contributed by atoms with Gasteiger partial charge in [-0.2, -0.15) is 0 Å². The maximum Gasteiger partial charge on any atom is 0.158 e. The summed E-state index contributed by atoms with van der Waals surface area (Å²) in [4.78, 5) is 11.5. The van der Waals surface area contributed by atoms with Crippen LogP contribution in [0.5, 0.6) is 0 Å². The SMILES string of the molecule is C=CCCC(=O)C1SCCCS1=O. The summed E-state index contributed by atoms with van der Waals surface area (Å²) in [5.74, 6) is 1.79. The van der Waals surface area contributed by atoms with Crippen LogP contribution in [0.4, 0.5) is 0 Å². The fourth-order valence-corrected chi connectivity index (χ4v) is 4.43. The molecular formula is C9H14O2S2. The largest absolute Gasteiger partial charge is 0.297 e. The van der Waals surface area contributed by atoms with Gasteiger partial charge in [0.15, 0.2) is 5.78 Å². The summed E-state index contributed by atoms with van der Waals surface area (Å²) in [5, 5.41) is 0. The number of ketones is 1. The zero-order chi connectivity index (χ0) is 9.68. The molecule has 1 heterocycles. The maximum atomic E-state index is 11.5. The van der Waals surface area contributed by atoms with Crippen molar-refractivity contribution in [1.82, 2.24) is 0 Å². The van der Waals surface area contributed by atoms with Crippen LogP contribution < -0.4 is 0 Å². The van der Waals surface area contributed by atoms with Crippen LogP contribution in [0, 0.1) is 0 Å². The Morgan fingerprint density at radius 1 is 1.69 bits per heavy atom. The van der Waals surface area contributed by atoms with Crippen LogP contribution in [0.3, 0.4) is 0 Å². The first kappa shape index (κ1) is 11.0. The van der Waals surface area contributed by atoms with E-state index >= 15 is 0 Å². The molecule has 1 rings (SSSR count). The quantitative estimate of drug-likeness (QED) is 0.674. The van der Waals surface area contributed by atoms with Gasteiger partial charge in [-0.25, -0.2) is 0 Å². The second-order valence-electron chi connectivity index (χ2n) is 2.93. The predicted octanol–water partition coefficient (Wildman–Crippen LogP) is 1.73. The van der Waals surface area contributed by atoms with E-state index in [2.05, 4.69) is 6.58 Å². The lowest BCUT2D eigenvalue weighted by Crippen LogP contribution is -2.28. The van der Waals surface area contributed by atoms with E-state index in [1.807, 2.05) is 0 Å². The molecule has 1 fully saturated rings. The van der Waals surface area contributed by atoms with Gasteiger partial charge in [-0.15, -0.1) is 18.3 Å². The Balaban J connectivity index is 2.43. The van der Waals surface area contributed by atoms with E-state index in [0.717, 1.165) is 12.2 Å². The molecule has 0 saturated carbocycles.